The predicted octanol–water partition coefficient (Wildman–Crippen LogP) is 1.69. The van der Waals surface area contributed by atoms with Gasteiger partial charge in [-0.1, -0.05) is 30.3 Å². The van der Waals surface area contributed by atoms with E-state index in [4.69, 9.17) is 0 Å². The average molecular weight is 238 g/mol. The molecule has 1 aromatic rings. The quantitative estimate of drug-likeness (QED) is 0.753. The van der Waals surface area contributed by atoms with Crippen LogP contribution < -0.4 is 0 Å². The van der Waals surface area contributed by atoms with Crippen molar-refractivity contribution in [2.75, 3.05) is 11.5 Å². The van der Waals surface area contributed by atoms with Gasteiger partial charge in [-0.25, -0.2) is 8.42 Å². The highest BCUT2D eigenvalue weighted by Crippen LogP contribution is 2.23. The largest absolute Gasteiger partial charge is 0.294 e. The summed E-state index contributed by atoms with van der Waals surface area (Å²) in [5, 5.41) is 0. The summed E-state index contributed by atoms with van der Waals surface area (Å²) in [7, 11) is -2.88. The minimum absolute atomic E-state index is 0.0118. The first kappa shape index (κ1) is 11.3. The average Bonchev–Trinajstić information content (AvgIpc) is 2.59. The molecule has 16 heavy (non-hydrogen) atoms. The van der Waals surface area contributed by atoms with Gasteiger partial charge in [0.25, 0.3) is 0 Å². The molecule has 1 fully saturated rings. The number of sulfone groups is 1. The number of hydrogen-bond donors (Lipinski definition) is 0. The molecule has 0 amide bonds. The van der Waals surface area contributed by atoms with E-state index in [1.165, 1.54) is 0 Å². The fourth-order valence-electron chi connectivity index (χ4n) is 2.04. The Labute approximate surface area is 95.4 Å². The van der Waals surface area contributed by atoms with Gasteiger partial charge in [-0.05, 0) is 12.3 Å². The Hall–Kier alpha value is -1.16. The molecule has 4 heteroatoms. The standard InChI is InChI=1S/C12H14O3S/c13-12(11-4-2-1-3-5-11)8-10-6-7-16(14,15)9-10/h1-5,10H,6-9H2/t10-/m1/s1. The highest BCUT2D eigenvalue weighted by atomic mass is 32.2. The monoisotopic (exact) mass is 238 g/mol. The number of benzene rings is 1. The topological polar surface area (TPSA) is 51.2 Å². The van der Waals surface area contributed by atoms with Gasteiger partial charge < -0.3 is 0 Å². The van der Waals surface area contributed by atoms with Crippen molar-refractivity contribution < 1.29 is 13.2 Å². The zero-order valence-electron chi connectivity index (χ0n) is 8.93. The molecule has 1 heterocycles. The minimum atomic E-state index is -2.88. The Balaban J connectivity index is 1.99. The second kappa shape index (κ2) is 4.37. The van der Waals surface area contributed by atoms with Gasteiger partial charge in [0.15, 0.2) is 15.6 Å². The van der Waals surface area contributed by atoms with Gasteiger partial charge in [0, 0.05) is 12.0 Å². The van der Waals surface area contributed by atoms with Gasteiger partial charge in [0.2, 0.25) is 0 Å². The maximum atomic E-state index is 11.8. The van der Waals surface area contributed by atoms with Crippen molar-refractivity contribution in [3.63, 3.8) is 0 Å². The normalized spacial score (nSPS) is 23.1. The molecule has 0 spiro atoms. The highest BCUT2D eigenvalue weighted by molar-refractivity contribution is 7.91. The third kappa shape index (κ3) is 2.70. The van der Waals surface area contributed by atoms with Crippen LogP contribution in [0.5, 0.6) is 0 Å². The molecule has 86 valence electrons. The molecule has 1 aliphatic heterocycles. The summed E-state index contributed by atoms with van der Waals surface area (Å²) >= 11 is 0. The molecule has 0 radical (unpaired) electrons. The smallest absolute Gasteiger partial charge is 0.163 e. The lowest BCUT2D eigenvalue weighted by atomic mass is 9.98. The number of hydrogen-bond acceptors (Lipinski definition) is 3. The van der Waals surface area contributed by atoms with E-state index in [9.17, 15) is 13.2 Å². The zero-order chi connectivity index (χ0) is 11.6. The van der Waals surface area contributed by atoms with Crippen LogP contribution in [0.1, 0.15) is 23.2 Å². The van der Waals surface area contributed by atoms with E-state index in [-0.39, 0.29) is 23.2 Å². The Morgan fingerprint density at radius 2 is 1.94 bits per heavy atom. The van der Waals surface area contributed by atoms with Crippen LogP contribution in [0.15, 0.2) is 30.3 Å². The summed E-state index contributed by atoms with van der Waals surface area (Å²) in [5.41, 5.74) is 0.673. The first-order valence-corrected chi connectivity index (χ1v) is 7.18. The van der Waals surface area contributed by atoms with Crippen molar-refractivity contribution in [3.8, 4) is 0 Å². The van der Waals surface area contributed by atoms with Gasteiger partial charge in [-0.2, -0.15) is 0 Å². The molecule has 1 aliphatic rings. The molecular formula is C12H14O3S. The van der Waals surface area contributed by atoms with Crippen molar-refractivity contribution in [3.05, 3.63) is 35.9 Å². The third-order valence-corrected chi connectivity index (χ3v) is 4.73. The van der Waals surface area contributed by atoms with Crippen LogP contribution in [-0.2, 0) is 9.84 Å². The van der Waals surface area contributed by atoms with Crippen LogP contribution in [0, 0.1) is 5.92 Å². The van der Waals surface area contributed by atoms with Crippen LogP contribution in [0.3, 0.4) is 0 Å². The maximum absolute atomic E-state index is 11.8. The second-order valence-electron chi connectivity index (χ2n) is 4.26. The molecule has 0 aromatic heterocycles. The van der Waals surface area contributed by atoms with E-state index in [0.29, 0.717) is 18.4 Å². The molecule has 0 unspecified atom stereocenters. The Morgan fingerprint density at radius 3 is 2.50 bits per heavy atom. The molecule has 0 aliphatic carbocycles. The van der Waals surface area contributed by atoms with Gasteiger partial charge >= 0.3 is 0 Å². The van der Waals surface area contributed by atoms with Crippen molar-refractivity contribution in [1.82, 2.24) is 0 Å². The Bertz CT molecular complexity index is 476. The van der Waals surface area contributed by atoms with Crippen LogP contribution >= 0.6 is 0 Å². The molecule has 0 saturated carbocycles. The Kier molecular flexibility index (Phi) is 3.10. The van der Waals surface area contributed by atoms with Gasteiger partial charge in [0.05, 0.1) is 11.5 Å². The van der Waals surface area contributed by atoms with Crippen LogP contribution in [0.4, 0.5) is 0 Å². The second-order valence-corrected chi connectivity index (χ2v) is 6.49. The first-order chi connectivity index (χ1) is 7.57. The molecule has 0 N–H and O–H groups in total. The number of carbonyl (C=O) groups is 1. The van der Waals surface area contributed by atoms with Crippen molar-refractivity contribution in [2.45, 2.75) is 12.8 Å². The van der Waals surface area contributed by atoms with E-state index < -0.39 is 9.84 Å². The fourth-order valence-corrected chi connectivity index (χ4v) is 3.90. The molecule has 1 saturated heterocycles. The summed E-state index contributed by atoms with van der Waals surface area (Å²) < 4.78 is 22.5. The van der Waals surface area contributed by atoms with Crippen molar-refractivity contribution in [1.29, 1.82) is 0 Å². The zero-order valence-corrected chi connectivity index (χ0v) is 9.74. The molecule has 1 atom stereocenters. The SMILES string of the molecule is O=C(C[C@H]1CCS(=O)(=O)C1)c1ccccc1. The highest BCUT2D eigenvalue weighted by Gasteiger charge is 2.29. The Morgan fingerprint density at radius 1 is 1.25 bits per heavy atom. The number of rotatable bonds is 3. The van der Waals surface area contributed by atoms with Crippen LogP contribution in [-0.4, -0.2) is 25.7 Å². The van der Waals surface area contributed by atoms with E-state index in [0.717, 1.165) is 0 Å². The van der Waals surface area contributed by atoms with E-state index in [1.54, 1.807) is 12.1 Å². The van der Waals surface area contributed by atoms with Gasteiger partial charge in [-0.15, -0.1) is 0 Å². The van der Waals surface area contributed by atoms with Crippen LogP contribution in [0.25, 0.3) is 0 Å². The summed E-state index contributed by atoms with van der Waals surface area (Å²) in [6, 6.07) is 9.03. The lowest BCUT2D eigenvalue weighted by Crippen LogP contribution is -2.10. The number of ketones is 1. The van der Waals surface area contributed by atoms with E-state index in [1.807, 2.05) is 18.2 Å². The predicted molar refractivity (Wildman–Crippen MR) is 62.2 cm³/mol. The van der Waals surface area contributed by atoms with Crippen molar-refractivity contribution >= 4 is 15.6 Å². The summed E-state index contributed by atoms with van der Waals surface area (Å²) in [5.74, 6) is 0.464. The van der Waals surface area contributed by atoms with E-state index >= 15 is 0 Å². The number of Topliss-reactive ketones (excluding diaryl/α,β-unsaturated/α-hetero) is 1. The first-order valence-electron chi connectivity index (χ1n) is 5.35. The molecule has 1 aromatic carbocycles. The molecule has 3 nitrogen and oxygen atoms in total. The lowest BCUT2D eigenvalue weighted by Gasteiger charge is -2.05. The molecule has 2 rings (SSSR count). The van der Waals surface area contributed by atoms with E-state index in [2.05, 4.69) is 0 Å². The van der Waals surface area contributed by atoms with Gasteiger partial charge in [0.1, 0.15) is 0 Å². The molecular weight excluding hydrogens is 224 g/mol. The summed E-state index contributed by atoms with van der Waals surface area (Å²) in [4.78, 5) is 11.8. The summed E-state index contributed by atoms with van der Waals surface area (Å²) in [6.45, 7) is 0. The van der Waals surface area contributed by atoms with Crippen molar-refractivity contribution in [2.24, 2.45) is 5.92 Å². The fraction of sp³-hybridized carbons (Fsp3) is 0.417. The lowest BCUT2D eigenvalue weighted by molar-refractivity contribution is 0.0965. The van der Waals surface area contributed by atoms with Gasteiger partial charge in [-0.3, -0.25) is 4.79 Å². The summed E-state index contributed by atoms with van der Waals surface area (Å²) in [6.07, 6.45) is 0.976. The third-order valence-electron chi connectivity index (χ3n) is 2.90. The minimum Gasteiger partial charge on any atom is -0.294 e. The molecule has 0 bridgehead atoms. The van der Waals surface area contributed by atoms with Crippen LogP contribution in [0.2, 0.25) is 0 Å². The maximum Gasteiger partial charge on any atom is 0.163 e. The number of carbonyl (C=O) groups excluding carboxylic acids is 1.